The molecular formula is C7H10N2O4S. The minimum atomic E-state index is -3.20. The highest BCUT2D eigenvalue weighted by Gasteiger charge is 2.14. The van der Waals surface area contributed by atoms with Crippen molar-refractivity contribution in [1.29, 1.82) is 0 Å². The fraction of sp³-hybridized carbons (Fsp3) is 0.429. The van der Waals surface area contributed by atoms with E-state index >= 15 is 0 Å². The summed E-state index contributed by atoms with van der Waals surface area (Å²) in [5.74, 6) is -0.886. The second-order valence-electron chi connectivity index (χ2n) is 2.80. The van der Waals surface area contributed by atoms with Crippen LogP contribution in [0, 0.1) is 0 Å². The summed E-state index contributed by atoms with van der Waals surface area (Å²) in [5.41, 5.74) is 0.123. The Morgan fingerprint density at radius 3 is 2.79 bits per heavy atom. The highest BCUT2D eigenvalue weighted by atomic mass is 32.2. The number of ether oxygens (including phenoxy) is 1. The number of carbonyl (C=O) groups excluding carboxylic acids is 1. The predicted octanol–water partition coefficient (Wildman–Crippen LogP) is -0.328. The van der Waals surface area contributed by atoms with Crippen LogP contribution in [-0.4, -0.2) is 37.3 Å². The molecule has 14 heavy (non-hydrogen) atoms. The van der Waals surface area contributed by atoms with Gasteiger partial charge in [0, 0.05) is 6.26 Å². The van der Waals surface area contributed by atoms with Gasteiger partial charge in [-0.15, -0.1) is 0 Å². The molecule has 1 heterocycles. The van der Waals surface area contributed by atoms with Crippen LogP contribution >= 0.6 is 0 Å². The summed E-state index contributed by atoms with van der Waals surface area (Å²) in [7, 11) is -1.97. The molecule has 0 N–H and O–H groups in total. The summed E-state index contributed by atoms with van der Waals surface area (Å²) in [6, 6.07) is 0. The van der Waals surface area contributed by atoms with Gasteiger partial charge in [-0.25, -0.2) is 18.2 Å². The third-order valence-corrected chi connectivity index (χ3v) is 2.23. The van der Waals surface area contributed by atoms with Crippen molar-refractivity contribution in [3.63, 3.8) is 0 Å². The average Bonchev–Trinajstić information content (AvgIpc) is 2.48. The number of esters is 1. The molecular weight excluding hydrogens is 208 g/mol. The zero-order chi connectivity index (χ0) is 10.8. The van der Waals surface area contributed by atoms with Crippen LogP contribution < -0.4 is 0 Å². The van der Waals surface area contributed by atoms with Gasteiger partial charge in [-0.2, -0.15) is 0 Å². The minimum Gasteiger partial charge on any atom is -0.464 e. The molecule has 0 saturated heterocycles. The molecule has 1 aromatic rings. The summed E-state index contributed by atoms with van der Waals surface area (Å²) in [4.78, 5) is 14.8. The standard InChI is InChI=1S/C7H10N2O4S/c1-13-7(10)6-3-8-4-9(6)5-14(2,11)12/h3-4H,5H2,1-2H3. The minimum absolute atomic E-state index is 0.123. The molecule has 1 rings (SSSR count). The summed E-state index contributed by atoms with van der Waals surface area (Å²) in [6.07, 6.45) is 3.61. The van der Waals surface area contributed by atoms with Crippen LogP contribution in [0.15, 0.2) is 12.5 Å². The number of rotatable bonds is 3. The molecule has 7 heteroatoms. The first-order chi connectivity index (χ1) is 6.44. The van der Waals surface area contributed by atoms with Crippen LogP contribution in [0.2, 0.25) is 0 Å². The Bertz CT molecular complexity index is 434. The molecule has 78 valence electrons. The van der Waals surface area contributed by atoms with E-state index in [4.69, 9.17) is 0 Å². The van der Waals surface area contributed by atoms with Crippen molar-refractivity contribution in [1.82, 2.24) is 9.55 Å². The maximum atomic E-state index is 11.1. The Hall–Kier alpha value is -1.37. The zero-order valence-electron chi connectivity index (χ0n) is 7.80. The van der Waals surface area contributed by atoms with E-state index in [-0.39, 0.29) is 11.6 Å². The topological polar surface area (TPSA) is 78.3 Å². The van der Waals surface area contributed by atoms with E-state index in [1.165, 1.54) is 24.2 Å². The quantitative estimate of drug-likeness (QED) is 0.649. The number of imidazole rings is 1. The van der Waals surface area contributed by atoms with Gasteiger partial charge in [0.25, 0.3) is 0 Å². The molecule has 0 radical (unpaired) electrons. The van der Waals surface area contributed by atoms with Gasteiger partial charge in [-0.05, 0) is 0 Å². The van der Waals surface area contributed by atoms with Gasteiger partial charge < -0.3 is 9.30 Å². The Labute approximate surface area is 81.4 Å². The van der Waals surface area contributed by atoms with E-state index in [1.807, 2.05) is 0 Å². The highest BCUT2D eigenvalue weighted by Crippen LogP contribution is 2.03. The van der Waals surface area contributed by atoms with Crippen molar-refractivity contribution in [2.24, 2.45) is 0 Å². The van der Waals surface area contributed by atoms with Crippen LogP contribution in [-0.2, 0) is 20.5 Å². The van der Waals surface area contributed by atoms with E-state index in [0.29, 0.717) is 0 Å². The van der Waals surface area contributed by atoms with Crippen LogP contribution in [0.3, 0.4) is 0 Å². The van der Waals surface area contributed by atoms with Crippen LogP contribution in [0.5, 0.6) is 0 Å². The molecule has 0 aromatic carbocycles. The SMILES string of the molecule is COC(=O)c1cncn1CS(C)(=O)=O. The predicted molar refractivity (Wildman–Crippen MR) is 48.4 cm³/mol. The molecule has 0 amide bonds. The molecule has 0 bridgehead atoms. The Morgan fingerprint density at radius 2 is 2.29 bits per heavy atom. The second-order valence-corrected chi connectivity index (χ2v) is 4.90. The number of hydrogen-bond acceptors (Lipinski definition) is 5. The Balaban J connectivity index is 3.00. The summed E-state index contributed by atoms with van der Waals surface area (Å²) in [5, 5.41) is 0. The van der Waals surface area contributed by atoms with E-state index in [1.54, 1.807) is 0 Å². The number of carbonyl (C=O) groups is 1. The molecule has 0 aliphatic heterocycles. The van der Waals surface area contributed by atoms with Gasteiger partial charge in [0.1, 0.15) is 11.6 Å². The first-order valence-electron chi connectivity index (χ1n) is 3.70. The second kappa shape index (κ2) is 3.79. The maximum absolute atomic E-state index is 11.1. The number of nitrogens with zero attached hydrogens (tertiary/aromatic N) is 2. The number of sulfone groups is 1. The summed E-state index contributed by atoms with van der Waals surface area (Å²) in [6.45, 7) is 0. The van der Waals surface area contributed by atoms with Gasteiger partial charge in [0.05, 0.1) is 19.6 Å². The van der Waals surface area contributed by atoms with E-state index in [9.17, 15) is 13.2 Å². The maximum Gasteiger partial charge on any atom is 0.356 e. The van der Waals surface area contributed by atoms with Crippen molar-refractivity contribution < 1.29 is 17.9 Å². The monoisotopic (exact) mass is 218 g/mol. The number of hydrogen-bond donors (Lipinski definition) is 0. The van der Waals surface area contributed by atoms with Crippen molar-refractivity contribution in [3.8, 4) is 0 Å². The number of methoxy groups -OCH3 is 1. The summed E-state index contributed by atoms with van der Waals surface area (Å²) < 4.78 is 27.6. The average molecular weight is 218 g/mol. The lowest BCUT2D eigenvalue weighted by molar-refractivity contribution is 0.0589. The molecule has 0 spiro atoms. The Morgan fingerprint density at radius 1 is 1.64 bits per heavy atom. The van der Waals surface area contributed by atoms with Crippen LogP contribution in [0.25, 0.3) is 0 Å². The number of aromatic nitrogens is 2. The molecule has 0 fully saturated rings. The zero-order valence-corrected chi connectivity index (χ0v) is 8.61. The van der Waals surface area contributed by atoms with E-state index in [0.717, 1.165) is 6.26 Å². The lowest BCUT2D eigenvalue weighted by atomic mass is 10.5. The van der Waals surface area contributed by atoms with Crippen molar-refractivity contribution in [3.05, 3.63) is 18.2 Å². The third-order valence-electron chi connectivity index (χ3n) is 1.48. The van der Waals surface area contributed by atoms with Gasteiger partial charge in [-0.1, -0.05) is 0 Å². The fourth-order valence-corrected chi connectivity index (χ4v) is 1.66. The molecule has 1 aromatic heterocycles. The third kappa shape index (κ3) is 2.56. The first kappa shape index (κ1) is 10.7. The Kier molecular flexibility index (Phi) is 2.90. The summed E-state index contributed by atoms with van der Waals surface area (Å²) >= 11 is 0. The van der Waals surface area contributed by atoms with Gasteiger partial charge in [0.15, 0.2) is 9.84 Å². The molecule has 0 saturated carbocycles. The van der Waals surface area contributed by atoms with Crippen molar-refractivity contribution >= 4 is 15.8 Å². The van der Waals surface area contributed by atoms with Gasteiger partial charge in [-0.3, -0.25) is 0 Å². The molecule has 0 aliphatic carbocycles. The van der Waals surface area contributed by atoms with Gasteiger partial charge >= 0.3 is 5.97 Å². The van der Waals surface area contributed by atoms with E-state index < -0.39 is 15.8 Å². The van der Waals surface area contributed by atoms with Crippen LogP contribution in [0.4, 0.5) is 0 Å². The van der Waals surface area contributed by atoms with E-state index in [2.05, 4.69) is 9.72 Å². The van der Waals surface area contributed by atoms with Gasteiger partial charge in [0.2, 0.25) is 0 Å². The highest BCUT2D eigenvalue weighted by molar-refractivity contribution is 7.89. The molecule has 0 unspecified atom stereocenters. The molecule has 6 nitrogen and oxygen atoms in total. The van der Waals surface area contributed by atoms with Crippen molar-refractivity contribution in [2.45, 2.75) is 5.88 Å². The lowest BCUT2D eigenvalue weighted by Gasteiger charge is -2.03. The first-order valence-corrected chi connectivity index (χ1v) is 5.76. The molecule has 0 atom stereocenters. The fourth-order valence-electron chi connectivity index (χ4n) is 0.951. The van der Waals surface area contributed by atoms with Crippen molar-refractivity contribution in [2.75, 3.05) is 13.4 Å². The normalized spacial score (nSPS) is 11.3. The lowest BCUT2D eigenvalue weighted by Crippen LogP contribution is -2.14. The molecule has 0 aliphatic rings. The smallest absolute Gasteiger partial charge is 0.356 e. The largest absolute Gasteiger partial charge is 0.464 e. The van der Waals surface area contributed by atoms with Crippen LogP contribution in [0.1, 0.15) is 10.5 Å².